The molecule has 1 aliphatic rings. The first-order valence-electron chi connectivity index (χ1n) is 6.03. The van der Waals surface area contributed by atoms with Crippen molar-refractivity contribution in [2.75, 3.05) is 0 Å². The van der Waals surface area contributed by atoms with Gasteiger partial charge in [0.1, 0.15) is 5.69 Å². The van der Waals surface area contributed by atoms with Crippen LogP contribution in [-0.4, -0.2) is 21.2 Å². The molecule has 3 rings (SSSR count). The van der Waals surface area contributed by atoms with Crippen molar-refractivity contribution in [2.45, 2.75) is 25.3 Å². The highest BCUT2D eigenvalue weighted by molar-refractivity contribution is 6.35. The first kappa shape index (κ1) is 12.8. The molecule has 7 heteroatoms. The maximum absolute atomic E-state index is 6.05. The Balaban J connectivity index is 1.79. The molecule has 1 atom stereocenters. The Labute approximate surface area is 120 Å². The van der Waals surface area contributed by atoms with Crippen molar-refractivity contribution in [1.29, 1.82) is 0 Å². The number of hydrogen-bond acceptors (Lipinski definition) is 5. The molecule has 2 aromatic rings. The van der Waals surface area contributed by atoms with Gasteiger partial charge in [-0.1, -0.05) is 28.4 Å². The molecule has 0 spiro atoms. The number of pyridine rings is 1. The molecular weight excluding hydrogens is 287 g/mol. The Morgan fingerprint density at radius 3 is 2.89 bits per heavy atom. The highest BCUT2D eigenvalue weighted by Crippen LogP contribution is 2.33. The fourth-order valence-corrected chi connectivity index (χ4v) is 2.37. The molecule has 0 aliphatic heterocycles. The van der Waals surface area contributed by atoms with E-state index in [1.54, 1.807) is 6.07 Å². The molecule has 1 aliphatic carbocycles. The molecule has 0 radical (unpaired) electrons. The van der Waals surface area contributed by atoms with Gasteiger partial charge in [0, 0.05) is 18.7 Å². The molecule has 0 amide bonds. The van der Waals surface area contributed by atoms with E-state index in [-0.39, 0.29) is 6.04 Å². The van der Waals surface area contributed by atoms with Gasteiger partial charge in [-0.2, -0.15) is 4.98 Å². The monoisotopic (exact) mass is 298 g/mol. The fraction of sp³-hybridized carbons (Fsp3) is 0.417. The molecule has 0 bridgehead atoms. The minimum atomic E-state index is 0.0851. The first-order chi connectivity index (χ1) is 9.13. The van der Waals surface area contributed by atoms with E-state index in [1.165, 1.54) is 19.0 Å². The number of hydrogen-bond donors (Lipinski definition) is 1. The summed E-state index contributed by atoms with van der Waals surface area (Å²) in [6, 6.07) is 1.68. The lowest BCUT2D eigenvalue weighted by molar-refractivity contribution is 0.363. The Hall–Kier alpha value is -1.17. The van der Waals surface area contributed by atoms with Crippen LogP contribution < -0.4 is 5.73 Å². The van der Waals surface area contributed by atoms with Crippen molar-refractivity contribution < 1.29 is 4.52 Å². The van der Waals surface area contributed by atoms with Crippen LogP contribution in [0.5, 0.6) is 0 Å². The molecule has 1 saturated carbocycles. The zero-order valence-corrected chi connectivity index (χ0v) is 11.5. The lowest BCUT2D eigenvalue weighted by atomic mass is 10.1. The third-order valence-corrected chi connectivity index (χ3v) is 3.62. The van der Waals surface area contributed by atoms with E-state index >= 15 is 0 Å². The topological polar surface area (TPSA) is 77.8 Å². The van der Waals surface area contributed by atoms with Crippen molar-refractivity contribution >= 4 is 23.2 Å². The summed E-state index contributed by atoms with van der Waals surface area (Å²) in [6.45, 7) is 0. The minimum Gasteiger partial charge on any atom is -0.339 e. The SMILES string of the molecule is NC(Cc1nc(-c2ncc(Cl)cc2Cl)no1)C1CC1. The predicted molar refractivity (Wildman–Crippen MR) is 72.0 cm³/mol. The summed E-state index contributed by atoms with van der Waals surface area (Å²) in [7, 11) is 0. The Morgan fingerprint density at radius 2 is 2.21 bits per heavy atom. The van der Waals surface area contributed by atoms with Gasteiger partial charge in [0.15, 0.2) is 0 Å². The maximum atomic E-state index is 6.05. The number of halogens is 2. The Morgan fingerprint density at radius 1 is 1.42 bits per heavy atom. The smallest absolute Gasteiger partial charge is 0.228 e. The Kier molecular flexibility index (Phi) is 3.43. The largest absolute Gasteiger partial charge is 0.339 e. The average Bonchev–Trinajstić information content (AvgIpc) is 3.11. The third kappa shape index (κ3) is 2.88. The summed E-state index contributed by atoms with van der Waals surface area (Å²) in [5, 5.41) is 4.74. The summed E-state index contributed by atoms with van der Waals surface area (Å²) >= 11 is 11.8. The first-order valence-corrected chi connectivity index (χ1v) is 6.78. The molecule has 1 unspecified atom stereocenters. The van der Waals surface area contributed by atoms with E-state index in [4.69, 9.17) is 33.5 Å². The summed E-state index contributed by atoms with van der Waals surface area (Å²) in [5.74, 6) is 1.47. The molecule has 1 fully saturated rings. The summed E-state index contributed by atoms with van der Waals surface area (Å²) in [6.07, 6.45) is 4.46. The van der Waals surface area contributed by atoms with Crippen LogP contribution in [0.15, 0.2) is 16.8 Å². The van der Waals surface area contributed by atoms with Gasteiger partial charge in [0.05, 0.1) is 10.0 Å². The van der Waals surface area contributed by atoms with Crippen LogP contribution in [0.25, 0.3) is 11.5 Å². The summed E-state index contributed by atoms with van der Waals surface area (Å²) in [4.78, 5) is 8.38. The normalized spacial score (nSPS) is 16.6. The second kappa shape index (κ2) is 5.07. The Bertz CT molecular complexity index is 597. The molecule has 2 N–H and O–H groups in total. The van der Waals surface area contributed by atoms with Gasteiger partial charge in [-0.05, 0) is 24.8 Å². The van der Waals surface area contributed by atoms with Crippen molar-refractivity contribution in [1.82, 2.24) is 15.1 Å². The van der Waals surface area contributed by atoms with Crippen LogP contribution in [0.2, 0.25) is 10.0 Å². The van der Waals surface area contributed by atoms with Gasteiger partial charge in [0.2, 0.25) is 11.7 Å². The molecule has 2 aromatic heterocycles. The van der Waals surface area contributed by atoms with E-state index in [0.29, 0.717) is 39.8 Å². The molecule has 0 saturated heterocycles. The fourth-order valence-electron chi connectivity index (χ4n) is 1.91. The third-order valence-electron chi connectivity index (χ3n) is 3.13. The van der Waals surface area contributed by atoms with Crippen LogP contribution in [0.1, 0.15) is 18.7 Å². The van der Waals surface area contributed by atoms with Gasteiger partial charge in [-0.15, -0.1) is 0 Å². The van der Waals surface area contributed by atoms with E-state index in [0.717, 1.165) is 0 Å². The second-order valence-electron chi connectivity index (χ2n) is 4.70. The standard InChI is InChI=1S/C12H12Cl2N4O/c13-7-3-8(14)11(16-5-7)12-17-10(19-18-12)4-9(15)6-1-2-6/h3,5-6,9H,1-2,4,15H2. The maximum Gasteiger partial charge on any atom is 0.228 e. The lowest BCUT2D eigenvalue weighted by Crippen LogP contribution is -2.25. The highest BCUT2D eigenvalue weighted by Gasteiger charge is 2.30. The number of aromatic nitrogens is 3. The minimum absolute atomic E-state index is 0.0851. The molecule has 0 aromatic carbocycles. The zero-order valence-electron chi connectivity index (χ0n) is 10.0. The summed E-state index contributed by atoms with van der Waals surface area (Å²) < 4.78 is 5.18. The van der Waals surface area contributed by atoms with Crippen molar-refractivity contribution in [3.05, 3.63) is 28.2 Å². The lowest BCUT2D eigenvalue weighted by Gasteiger charge is -2.04. The van der Waals surface area contributed by atoms with Crippen LogP contribution in [0, 0.1) is 5.92 Å². The molecule has 100 valence electrons. The molecule has 5 nitrogen and oxygen atoms in total. The van der Waals surface area contributed by atoms with Crippen LogP contribution in [0.3, 0.4) is 0 Å². The van der Waals surface area contributed by atoms with Crippen molar-refractivity contribution in [3.63, 3.8) is 0 Å². The van der Waals surface area contributed by atoms with Gasteiger partial charge >= 0.3 is 0 Å². The van der Waals surface area contributed by atoms with Gasteiger partial charge in [-0.25, -0.2) is 4.98 Å². The average molecular weight is 299 g/mol. The summed E-state index contributed by atoms with van der Waals surface area (Å²) in [5.41, 5.74) is 6.48. The van der Waals surface area contributed by atoms with E-state index in [2.05, 4.69) is 15.1 Å². The predicted octanol–water partition coefficient (Wildman–Crippen LogP) is 2.72. The number of nitrogens with zero attached hydrogens (tertiary/aromatic N) is 3. The zero-order chi connectivity index (χ0) is 13.4. The number of rotatable bonds is 4. The van der Waals surface area contributed by atoms with Gasteiger partial charge < -0.3 is 10.3 Å². The van der Waals surface area contributed by atoms with Crippen LogP contribution in [-0.2, 0) is 6.42 Å². The van der Waals surface area contributed by atoms with E-state index < -0.39 is 0 Å². The van der Waals surface area contributed by atoms with Gasteiger partial charge in [-0.3, -0.25) is 0 Å². The van der Waals surface area contributed by atoms with Crippen LogP contribution >= 0.6 is 23.2 Å². The van der Waals surface area contributed by atoms with Crippen molar-refractivity contribution in [2.24, 2.45) is 11.7 Å². The van der Waals surface area contributed by atoms with Gasteiger partial charge in [0.25, 0.3) is 0 Å². The highest BCUT2D eigenvalue weighted by atomic mass is 35.5. The molecule has 2 heterocycles. The number of nitrogens with two attached hydrogens (primary N) is 1. The van der Waals surface area contributed by atoms with Crippen molar-refractivity contribution in [3.8, 4) is 11.5 Å². The van der Waals surface area contributed by atoms with Crippen LogP contribution in [0.4, 0.5) is 0 Å². The van der Waals surface area contributed by atoms with E-state index in [9.17, 15) is 0 Å². The second-order valence-corrected chi connectivity index (χ2v) is 5.54. The molecular formula is C12H12Cl2N4O. The quantitative estimate of drug-likeness (QED) is 0.939. The molecule has 19 heavy (non-hydrogen) atoms. The van der Waals surface area contributed by atoms with E-state index in [1.807, 2.05) is 0 Å².